The van der Waals surface area contributed by atoms with E-state index >= 15 is 0 Å². The number of benzene rings is 1. The van der Waals surface area contributed by atoms with Crippen molar-refractivity contribution < 1.29 is 15.0 Å². The molecule has 1 saturated heterocycles. The zero-order chi connectivity index (χ0) is 15.5. The number of β-amino-alcohol motifs (C(OH)–C–C–N with tert-alkyl or cyclic N) is 1. The number of carbonyl (C=O) groups is 1. The molecule has 2 aromatic rings. The van der Waals surface area contributed by atoms with E-state index in [1.807, 2.05) is 35.2 Å². The van der Waals surface area contributed by atoms with Gasteiger partial charge in [-0.25, -0.2) is 0 Å². The molecule has 5 heteroatoms. The highest BCUT2D eigenvalue weighted by Crippen LogP contribution is 2.22. The van der Waals surface area contributed by atoms with Gasteiger partial charge >= 0.3 is 5.97 Å². The molecule has 1 aliphatic heterocycles. The summed E-state index contributed by atoms with van der Waals surface area (Å²) in [5.74, 6) is -0.684. The number of aliphatic hydroxyl groups is 1. The second-order valence-corrected chi connectivity index (χ2v) is 5.93. The van der Waals surface area contributed by atoms with Gasteiger partial charge in [0.2, 0.25) is 0 Å². The summed E-state index contributed by atoms with van der Waals surface area (Å²) >= 11 is 0. The fourth-order valence-electron chi connectivity index (χ4n) is 3.07. The summed E-state index contributed by atoms with van der Waals surface area (Å²) in [4.78, 5) is 17.3. The van der Waals surface area contributed by atoms with E-state index in [2.05, 4.69) is 11.1 Å². The summed E-state index contributed by atoms with van der Waals surface area (Å²) in [6.45, 7) is 1.77. The number of hydrogen-bond acceptors (Lipinski definition) is 4. The van der Waals surface area contributed by atoms with Gasteiger partial charge in [-0.15, -0.1) is 0 Å². The average molecular weight is 300 g/mol. The number of carboxylic acid groups (broad SMARTS) is 1. The Morgan fingerprint density at radius 3 is 2.86 bits per heavy atom. The van der Waals surface area contributed by atoms with E-state index in [1.54, 1.807) is 0 Å². The Morgan fingerprint density at radius 1 is 1.23 bits per heavy atom. The minimum absolute atomic E-state index is 0.113. The van der Waals surface area contributed by atoms with Crippen LogP contribution in [0.5, 0.6) is 0 Å². The van der Waals surface area contributed by atoms with Gasteiger partial charge < -0.3 is 10.2 Å². The number of aliphatic hydroxyl groups excluding tert-OH is 1. The first kappa shape index (κ1) is 14.9. The Bertz CT molecular complexity index is 674. The molecular weight excluding hydrogens is 280 g/mol. The largest absolute Gasteiger partial charge is 0.481 e. The maximum atomic E-state index is 10.6. The molecule has 0 aliphatic carbocycles. The Kier molecular flexibility index (Phi) is 4.36. The Labute approximate surface area is 129 Å². The van der Waals surface area contributed by atoms with E-state index < -0.39 is 12.1 Å². The van der Waals surface area contributed by atoms with Gasteiger partial charge in [0.15, 0.2) is 0 Å². The molecule has 116 valence electrons. The smallest absolute Gasteiger partial charge is 0.304 e. The zero-order valence-corrected chi connectivity index (χ0v) is 12.4. The topological polar surface area (TPSA) is 73.7 Å². The van der Waals surface area contributed by atoms with Gasteiger partial charge in [0.05, 0.1) is 18.0 Å². The summed E-state index contributed by atoms with van der Waals surface area (Å²) < 4.78 is 0. The number of fused-ring (bicyclic) bond motifs is 1. The molecule has 2 N–H and O–H groups in total. The second kappa shape index (κ2) is 6.42. The maximum Gasteiger partial charge on any atom is 0.304 e. The molecule has 0 amide bonds. The lowest BCUT2D eigenvalue weighted by Crippen LogP contribution is -2.24. The lowest BCUT2D eigenvalue weighted by atomic mass is 9.99. The van der Waals surface area contributed by atoms with Crippen molar-refractivity contribution >= 4 is 16.9 Å². The highest BCUT2D eigenvalue weighted by molar-refractivity contribution is 5.78. The van der Waals surface area contributed by atoms with Crippen LogP contribution in [0, 0.1) is 5.92 Å². The quantitative estimate of drug-likeness (QED) is 0.876. The van der Waals surface area contributed by atoms with Crippen LogP contribution in [0.2, 0.25) is 0 Å². The summed E-state index contributed by atoms with van der Waals surface area (Å²) in [6, 6.07) is 12.0. The monoisotopic (exact) mass is 300 g/mol. The number of likely N-dealkylation sites (tertiary alicyclic amines) is 1. The fraction of sp³-hybridized carbons (Fsp3) is 0.412. The molecule has 1 aromatic heterocycles. The van der Waals surface area contributed by atoms with Crippen molar-refractivity contribution in [1.82, 2.24) is 9.88 Å². The molecule has 0 spiro atoms. The number of nitrogens with zero attached hydrogens (tertiary/aromatic N) is 2. The van der Waals surface area contributed by atoms with Crippen LogP contribution in [-0.2, 0) is 11.2 Å². The standard InChI is InChI=1S/C17H20N2O3/c20-16-11-19(8-7-17(21)22)10-13(16)9-14-6-5-12-3-1-2-4-15(12)18-14/h1-6,13,16,20H,7-11H2,(H,21,22)/t13-,16-/m1/s1. The van der Waals surface area contributed by atoms with Gasteiger partial charge in [0.1, 0.15) is 0 Å². The minimum atomic E-state index is -0.797. The number of aromatic nitrogens is 1. The van der Waals surface area contributed by atoms with Crippen molar-refractivity contribution in [2.45, 2.75) is 18.9 Å². The van der Waals surface area contributed by atoms with E-state index in [0.717, 1.165) is 29.6 Å². The van der Waals surface area contributed by atoms with E-state index in [9.17, 15) is 9.90 Å². The van der Waals surface area contributed by atoms with Crippen molar-refractivity contribution in [3.05, 3.63) is 42.1 Å². The normalized spacial score (nSPS) is 22.2. The Morgan fingerprint density at radius 2 is 2.05 bits per heavy atom. The summed E-state index contributed by atoms with van der Waals surface area (Å²) in [5.41, 5.74) is 1.94. The van der Waals surface area contributed by atoms with Crippen molar-refractivity contribution in [1.29, 1.82) is 0 Å². The predicted octanol–water partition coefficient (Wildman–Crippen LogP) is 1.54. The lowest BCUT2D eigenvalue weighted by molar-refractivity contribution is -0.137. The lowest BCUT2D eigenvalue weighted by Gasteiger charge is -2.14. The van der Waals surface area contributed by atoms with Crippen LogP contribution in [0.1, 0.15) is 12.1 Å². The Balaban J connectivity index is 1.65. The van der Waals surface area contributed by atoms with Crippen molar-refractivity contribution in [3.63, 3.8) is 0 Å². The number of pyridine rings is 1. The maximum absolute atomic E-state index is 10.6. The molecule has 22 heavy (non-hydrogen) atoms. The predicted molar refractivity (Wildman–Crippen MR) is 83.6 cm³/mol. The van der Waals surface area contributed by atoms with Crippen LogP contribution in [0.3, 0.4) is 0 Å². The molecule has 2 heterocycles. The van der Waals surface area contributed by atoms with Crippen molar-refractivity contribution in [2.75, 3.05) is 19.6 Å². The highest BCUT2D eigenvalue weighted by atomic mass is 16.4. The summed E-state index contributed by atoms with van der Waals surface area (Å²) in [6.07, 6.45) is 0.422. The zero-order valence-electron chi connectivity index (χ0n) is 12.4. The molecule has 0 radical (unpaired) electrons. The Hall–Kier alpha value is -1.98. The number of para-hydroxylation sites is 1. The molecular formula is C17H20N2O3. The average Bonchev–Trinajstić information content (AvgIpc) is 2.85. The summed E-state index contributed by atoms with van der Waals surface area (Å²) in [7, 11) is 0. The van der Waals surface area contributed by atoms with Gasteiger partial charge in [0, 0.05) is 36.6 Å². The van der Waals surface area contributed by atoms with Gasteiger partial charge in [-0.05, 0) is 18.6 Å². The minimum Gasteiger partial charge on any atom is -0.481 e. The highest BCUT2D eigenvalue weighted by Gasteiger charge is 2.31. The van der Waals surface area contributed by atoms with Crippen LogP contribution in [0.25, 0.3) is 10.9 Å². The van der Waals surface area contributed by atoms with Gasteiger partial charge in [0.25, 0.3) is 0 Å². The molecule has 1 aromatic carbocycles. The van der Waals surface area contributed by atoms with Crippen LogP contribution in [-0.4, -0.2) is 51.8 Å². The van der Waals surface area contributed by atoms with Crippen LogP contribution < -0.4 is 0 Å². The third-order valence-electron chi connectivity index (χ3n) is 4.25. The van der Waals surface area contributed by atoms with Crippen molar-refractivity contribution in [3.8, 4) is 0 Å². The van der Waals surface area contributed by atoms with Gasteiger partial charge in [-0.3, -0.25) is 14.7 Å². The third kappa shape index (κ3) is 3.43. The van der Waals surface area contributed by atoms with E-state index in [1.165, 1.54) is 0 Å². The molecule has 3 rings (SSSR count). The number of aliphatic carboxylic acids is 1. The molecule has 0 saturated carbocycles. The van der Waals surface area contributed by atoms with E-state index in [-0.39, 0.29) is 12.3 Å². The molecule has 1 aliphatic rings. The summed E-state index contributed by atoms with van der Waals surface area (Å²) in [5, 5.41) is 20.0. The number of rotatable bonds is 5. The van der Waals surface area contributed by atoms with Crippen LogP contribution >= 0.6 is 0 Å². The first-order valence-corrected chi connectivity index (χ1v) is 7.59. The molecule has 1 fully saturated rings. The van der Waals surface area contributed by atoms with E-state index in [4.69, 9.17) is 5.11 Å². The first-order valence-electron chi connectivity index (χ1n) is 7.59. The SMILES string of the molecule is O=C(O)CCN1C[C@@H](Cc2ccc3ccccc3n2)[C@H](O)C1. The van der Waals surface area contributed by atoms with Crippen LogP contribution in [0.15, 0.2) is 36.4 Å². The first-order chi connectivity index (χ1) is 10.6. The second-order valence-electron chi connectivity index (χ2n) is 5.93. The molecule has 0 unspecified atom stereocenters. The van der Waals surface area contributed by atoms with Crippen LogP contribution in [0.4, 0.5) is 0 Å². The fourth-order valence-corrected chi connectivity index (χ4v) is 3.07. The number of carboxylic acids is 1. The molecule has 2 atom stereocenters. The molecule has 0 bridgehead atoms. The van der Waals surface area contributed by atoms with E-state index in [0.29, 0.717) is 13.1 Å². The van der Waals surface area contributed by atoms with Crippen molar-refractivity contribution in [2.24, 2.45) is 5.92 Å². The molecule has 5 nitrogen and oxygen atoms in total. The van der Waals surface area contributed by atoms with Gasteiger partial charge in [-0.1, -0.05) is 24.3 Å². The third-order valence-corrected chi connectivity index (χ3v) is 4.25. The van der Waals surface area contributed by atoms with Gasteiger partial charge in [-0.2, -0.15) is 0 Å². The number of hydrogen-bond donors (Lipinski definition) is 2.